The Bertz CT molecular complexity index is 1490. The van der Waals surface area contributed by atoms with Crippen LogP contribution in [0.2, 0.25) is 0 Å². The Morgan fingerprint density at radius 3 is 2.48 bits per heavy atom. The van der Waals surface area contributed by atoms with Crippen molar-refractivity contribution in [2.75, 3.05) is 61.5 Å². The van der Waals surface area contributed by atoms with Crippen LogP contribution >= 0.6 is 0 Å². The van der Waals surface area contributed by atoms with E-state index in [1.54, 1.807) is 13.2 Å². The zero-order valence-electron chi connectivity index (χ0n) is 23.5. The fourth-order valence-electron chi connectivity index (χ4n) is 5.75. The molecule has 5 rings (SSSR count). The summed E-state index contributed by atoms with van der Waals surface area (Å²) in [5.74, 6) is 0.589. The SMILES string of the molecule is CCCc1cc(C)[nH]c(=O)c1N(C)C(=O)c1cc(-c2ccc(N3CCN(C(=O)O)CC3)nc2)cc2c1CCN2C. The average Bonchev–Trinajstić information content (AvgIpc) is 3.32. The molecule has 0 saturated carbocycles. The highest BCUT2D eigenvalue weighted by Gasteiger charge is 2.28. The van der Waals surface area contributed by atoms with E-state index < -0.39 is 6.09 Å². The third kappa shape index (κ3) is 5.13. The van der Waals surface area contributed by atoms with E-state index in [0.29, 0.717) is 43.9 Å². The van der Waals surface area contributed by atoms with E-state index in [9.17, 15) is 19.5 Å². The molecule has 0 aliphatic carbocycles. The molecule has 0 bridgehead atoms. The molecule has 1 saturated heterocycles. The monoisotopic (exact) mass is 544 g/mol. The summed E-state index contributed by atoms with van der Waals surface area (Å²) in [6, 6.07) is 9.90. The molecule has 2 aromatic heterocycles. The number of carbonyl (C=O) groups excluding carboxylic acids is 1. The minimum Gasteiger partial charge on any atom is -0.465 e. The molecule has 210 valence electrons. The van der Waals surface area contributed by atoms with Crippen LogP contribution in [0.5, 0.6) is 0 Å². The van der Waals surface area contributed by atoms with Crippen LogP contribution in [0.15, 0.2) is 41.3 Å². The quantitative estimate of drug-likeness (QED) is 0.486. The number of aromatic nitrogens is 2. The lowest BCUT2D eigenvalue weighted by Gasteiger charge is -2.33. The molecule has 0 spiro atoms. The summed E-state index contributed by atoms with van der Waals surface area (Å²) in [5, 5.41) is 9.21. The lowest BCUT2D eigenvalue weighted by atomic mass is 9.96. The molecule has 3 aromatic rings. The van der Waals surface area contributed by atoms with E-state index in [1.165, 1.54) is 9.80 Å². The van der Waals surface area contributed by atoms with Gasteiger partial charge in [-0.15, -0.1) is 0 Å². The molecule has 0 unspecified atom stereocenters. The maximum absolute atomic E-state index is 14.0. The van der Waals surface area contributed by atoms with E-state index in [1.807, 2.05) is 38.2 Å². The maximum Gasteiger partial charge on any atom is 0.407 e. The highest BCUT2D eigenvalue weighted by atomic mass is 16.4. The molecule has 2 aliphatic heterocycles. The van der Waals surface area contributed by atoms with E-state index in [0.717, 1.165) is 58.8 Å². The lowest BCUT2D eigenvalue weighted by Crippen LogP contribution is -2.48. The van der Waals surface area contributed by atoms with Crippen LogP contribution in [-0.4, -0.2) is 78.8 Å². The second kappa shape index (κ2) is 11.0. The first-order valence-electron chi connectivity index (χ1n) is 13.8. The minimum absolute atomic E-state index is 0.207. The number of anilines is 3. The number of pyridine rings is 2. The Morgan fingerprint density at radius 2 is 1.82 bits per heavy atom. The van der Waals surface area contributed by atoms with Gasteiger partial charge in [0.2, 0.25) is 0 Å². The van der Waals surface area contributed by atoms with Crippen LogP contribution in [0.25, 0.3) is 11.1 Å². The molecule has 0 atom stereocenters. The molecule has 0 radical (unpaired) electrons. The van der Waals surface area contributed by atoms with Gasteiger partial charge < -0.3 is 29.7 Å². The molecule has 1 aromatic carbocycles. The fraction of sp³-hybridized carbons (Fsp3) is 0.400. The average molecular weight is 545 g/mol. The summed E-state index contributed by atoms with van der Waals surface area (Å²) < 4.78 is 0. The summed E-state index contributed by atoms with van der Waals surface area (Å²) in [6.07, 6.45) is 3.24. The molecule has 40 heavy (non-hydrogen) atoms. The highest BCUT2D eigenvalue weighted by Crippen LogP contribution is 2.36. The molecule has 2 aliphatic rings. The maximum atomic E-state index is 14.0. The second-order valence-corrected chi connectivity index (χ2v) is 10.6. The van der Waals surface area contributed by atoms with Gasteiger partial charge in [0.05, 0.1) is 0 Å². The van der Waals surface area contributed by atoms with Gasteiger partial charge in [0.25, 0.3) is 11.5 Å². The van der Waals surface area contributed by atoms with Crippen molar-refractivity contribution in [3.63, 3.8) is 0 Å². The zero-order chi connectivity index (χ0) is 28.6. The number of H-pyrrole nitrogens is 1. The van der Waals surface area contributed by atoms with Crippen molar-refractivity contribution in [1.29, 1.82) is 0 Å². The third-order valence-corrected chi connectivity index (χ3v) is 7.90. The third-order valence-electron chi connectivity index (χ3n) is 7.90. The second-order valence-electron chi connectivity index (χ2n) is 10.6. The Kier molecular flexibility index (Phi) is 7.51. The van der Waals surface area contributed by atoms with E-state index in [-0.39, 0.29) is 11.5 Å². The molecule has 1 fully saturated rings. The number of likely N-dealkylation sites (N-methyl/N-ethyl adjacent to an activating group) is 1. The molecular weight excluding hydrogens is 508 g/mol. The topological polar surface area (TPSA) is 113 Å². The van der Waals surface area contributed by atoms with Gasteiger partial charge in [-0.3, -0.25) is 9.59 Å². The van der Waals surface area contributed by atoms with Crippen molar-refractivity contribution in [1.82, 2.24) is 14.9 Å². The first-order chi connectivity index (χ1) is 19.2. The molecule has 2 N–H and O–H groups in total. The van der Waals surface area contributed by atoms with Crippen molar-refractivity contribution in [3.05, 3.63) is 69.3 Å². The van der Waals surface area contributed by atoms with E-state index in [2.05, 4.69) is 32.8 Å². The Balaban J connectivity index is 1.47. The molecule has 10 nitrogen and oxygen atoms in total. The summed E-state index contributed by atoms with van der Waals surface area (Å²) in [4.78, 5) is 52.9. The molecule has 4 heterocycles. The van der Waals surface area contributed by atoms with Crippen molar-refractivity contribution in [3.8, 4) is 11.1 Å². The number of hydrogen-bond acceptors (Lipinski definition) is 6. The van der Waals surface area contributed by atoms with Gasteiger partial charge in [0.1, 0.15) is 11.5 Å². The van der Waals surface area contributed by atoms with Crippen LogP contribution in [0.3, 0.4) is 0 Å². The summed E-state index contributed by atoms with van der Waals surface area (Å²) >= 11 is 0. The largest absolute Gasteiger partial charge is 0.465 e. The number of nitrogens with zero attached hydrogens (tertiary/aromatic N) is 5. The Morgan fingerprint density at radius 1 is 1.07 bits per heavy atom. The normalized spacial score (nSPS) is 14.8. The van der Waals surface area contributed by atoms with Crippen LogP contribution in [-0.2, 0) is 12.8 Å². The predicted molar refractivity (Wildman–Crippen MR) is 157 cm³/mol. The van der Waals surface area contributed by atoms with Crippen LogP contribution in [0.1, 0.15) is 40.5 Å². The van der Waals surface area contributed by atoms with Crippen LogP contribution in [0, 0.1) is 6.92 Å². The van der Waals surface area contributed by atoms with Gasteiger partial charge >= 0.3 is 6.09 Å². The highest BCUT2D eigenvalue weighted by molar-refractivity contribution is 6.09. The molecule has 2 amide bonds. The first-order valence-corrected chi connectivity index (χ1v) is 13.8. The predicted octanol–water partition coefficient (Wildman–Crippen LogP) is 3.77. The number of benzene rings is 1. The Hall–Kier alpha value is -4.34. The number of fused-ring (bicyclic) bond motifs is 1. The van der Waals surface area contributed by atoms with Gasteiger partial charge in [0.15, 0.2) is 0 Å². The standard InChI is InChI=1S/C30H36N6O4/c1-5-6-20-15-19(2)32-28(37)27(20)34(4)29(38)24-16-22(17-25-23(24)9-10-33(25)3)21-7-8-26(31-18-21)35-11-13-36(14-12-35)30(39)40/h7-8,15-18H,5-6,9-14H2,1-4H3,(H,32,37)(H,39,40). The van der Waals surface area contributed by atoms with E-state index >= 15 is 0 Å². The first kappa shape index (κ1) is 27.2. The number of amides is 2. The van der Waals surface area contributed by atoms with Gasteiger partial charge in [0, 0.05) is 75.5 Å². The number of carboxylic acid groups (broad SMARTS) is 1. The van der Waals surface area contributed by atoms with Crippen molar-refractivity contribution in [2.24, 2.45) is 0 Å². The molecule has 10 heteroatoms. The number of piperazine rings is 1. The minimum atomic E-state index is -0.894. The van der Waals surface area contributed by atoms with Crippen LogP contribution < -0.4 is 20.3 Å². The number of aryl methyl sites for hydroxylation is 2. The van der Waals surface area contributed by atoms with Crippen LogP contribution in [0.4, 0.5) is 22.0 Å². The van der Waals surface area contributed by atoms with Gasteiger partial charge in [-0.05, 0) is 66.8 Å². The Labute approximate surface area is 233 Å². The van der Waals surface area contributed by atoms with Gasteiger partial charge in [-0.1, -0.05) is 13.3 Å². The number of rotatable bonds is 6. The van der Waals surface area contributed by atoms with Gasteiger partial charge in [-0.2, -0.15) is 0 Å². The summed E-state index contributed by atoms with van der Waals surface area (Å²) in [7, 11) is 3.70. The lowest BCUT2D eigenvalue weighted by molar-refractivity contribution is 0.0991. The smallest absolute Gasteiger partial charge is 0.407 e. The van der Waals surface area contributed by atoms with Crippen molar-refractivity contribution >= 4 is 29.2 Å². The van der Waals surface area contributed by atoms with E-state index in [4.69, 9.17) is 0 Å². The van der Waals surface area contributed by atoms with Gasteiger partial charge in [-0.25, -0.2) is 9.78 Å². The number of hydrogen-bond donors (Lipinski definition) is 2. The number of aromatic amines is 1. The fourth-order valence-corrected chi connectivity index (χ4v) is 5.75. The molecular formula is C30H36N6O4. The summed E-state index contributed by atoms with van der Waals surface area (Å²) in [5.41, 5.74) is 6.15. The van der Waals surface area contributed by atoms with Crippen molar-refractivity contribution < 1.29 is 14.7 Å². The number of carbonyl (C=O) groups is 2. The number of nitrogens with one attached hydrogen (secondary N) is 1. The zero-order valence-corrected chi connectivity index (χ0v) is 23.5. The van der Waals surface area contributed by atoms with Crippen molar-refractivity contribution in [2.45, 2.75) is 33.1 Å². The summed E-state index contributed by atoms with van der Waals surface area (Å²) in [6.45, 7) is 6.79.